The summed E-state index contributed by atoms with van der Waals surface area (Å²) in [5.41, 5.74) is 9.43. The summed E-state index contributed by atoms with van der Waals surface area (Å²) in [6.45, 7) is 4.20. The summed E-state index contributed by atoms with van der Waals surface area (Å²) in [6.07, 6.45) is 0. The monoisotopic (exact) mass is 450 g/mol. The normalized spacial score (nSPS) is 10.7. The Hall–Kier alpha value is -4.24. The number of hydrogen-bond donors (Lipinski definition) is 0. The summed E-state index contributed by atoms with van der Waals surface area (Å²) in [6, 6.07) is 44.2. The molecule has 0 aliphatic carbocycles. The number of benzene rings is 5. The van der Waals surface area contributed by atoms with Crippen molar-refractivity contribution in [2.24, 2.45) is 0 Å². The number of hydrogen-bond acceptors (Lipinski definition) is 2. The largest absolute Gasteiger partial charge is 0.311 e. The molecule has 0 aromatic heterocycles. The third kappa shape index (κ3) is 4.85. The first-order chi connectivity index (χ1) is 17.1. The van der Waals surface area contributed by atoms with E-state index in [0.717, 1.165) is 34.1 Å². The predicted molar refractivity (Wildman–Crippen MR) is 151 cm³/mol. The highest BCUT2D eigenvalue weighted by Gasteiger charge is 2.17. The zero-order chi connectivity index (χ0) is 24.2. The molecule has 0 amide bonds. The molecule has 0 atom stereocenters. The average Bonchev–Trinajstić information content (AvgIpc) is 2.89. The number of para-hydroxylation sites is 2. The van der Waals surface area contributed by atoms with Crippen molar-refractivity contribution in [2.45, 2.75) is 13.8 Å². The molecule has 168 valence electrons. The van der Waals surface area contributed by atoms with Crippen molar-refractivity contribution < 1.29 is 0 Å². The van der Waals surface area contributed by atoms with Gasteiger partial charge in [0.05, 0.1) is 0 Å². The Morgan fingerprint density at radius 3 is 1.31 bits per heavy atom. The van der Waals surface area contributed by atoms with Crippen molar-refractivity contribution in [1.82, 2.24) is 0 Å². The SMILES string of the molecule is [B]c1cc(N(c2ccccc2)c2ccc(C)cc2)ccc1N(c1ccccc1)c1ccc(C)cc1. The van der Waals surface area contributed by atoms with E-state index in [0.29, 0.717) is 5.46 Å². The number of anilines is 6. The van der Waals surface area contributed by atoms with Crippen LogP contribution in [0.4, 0.5) is 34.1 Å². The molecule has 0 fully saturated rings. The summed E-state index contributed by atoms with van der Waals surface area (Å²) in [7, 11) is 6.78. The van der Waals surface area contributed by atoms with E-state index in [-0.39, 0.29) is 0 Å². The van der Waals surface area contributed by atoms with Crippen LogP contribution in [0.3, 0.4) is 0 Å². The first-order valence-electron chi connectivity index (χ1n) is 11.8. The topological polar surface area (TPSA) is 6.48 Å². The average molecular weight is 450 g/mol. The van der Waals surface area contributed by atoms with E-state index < -0.39 is 0 Å². The minimum absolute atomic E-state index is 0.708. The highest BCUT2D eigenvalue weighted by Crippen LogP contribution is 2.37. The lowest BCUT2D eigenvalue weighted by Gasteiger charge is -2.30. The molecule has 5 aromatic carbocycles. The number of nitrogens with zero attached hydrogens (tertiary/aromatic N) is 2. The molecule has 0 N–H and O–H groups in total. The minimum atomic E-state index is 0.708. The predicted octanol–water partition coefficient (Wildman–Crippen LogP) is 8.04. The van der Waals surface area contributed by atoms with Gasteiger partial charge in [0.2, 0.25) is 0 Å². The van der Waals surface area contributed by atoms with Crippen molar-refractivity contribution >= 4 is 47.4 Å². The number of aryl methyl sites for hydroxylation is 2. The van der Waals surface area contributed by atoms with E-state index in [1.807, 2.05) is 12.1 Å². The van der Waals surface area contributed by atoms with Gasteiger partial charge in [-0.3, -0.25) is 0 Å². The fourth-order valence-electron chi connectivity index (χ4n) is 4.30. The first-order valence-corrected chi connectivity index (χ1v) is 11.8. The second-order valence-electron chi connectivity index (χ2n) is 8.76. The first kappa shape index (κ1) is 22.6. The molecule has 2 nitrogen and oxygen atoms in total. The van der Waals surface area contributed by atoms with Gasteiger partial charge in [0.25, 0.3) is 0 Å². The quantitative estimate of drug-likeness (QED) is 0.242. The van der Waals surface area contributed by atoms with Crippen LogP contribution in [0.5, 0.6) is 0 Å². The van der Waals surface area contributed by atoms with Crippen LogP contribution in [0, 0.1) is 13.8 Å². The molecular weight excluding hydrogens is 423 g/mol. The van der Waals surface area contributed by atoms with Gasteiger partial charge in [0.15, 0.2) is 0 Å². The van der Waals surface area contributed by atoms with Crippen molar-refractivity contribution in [2.75, 3.05) is 9.80 Å². The molecule has 0 saturated heterocycles. The standard InChI is InChI=1S/C32H27BN2/c1-24-13-17-28(18-14-24)34(26-9-5-3-6-10-26)30-21-22-32(31(33)23-30)35(27-11-7-4-8-12-27)29-19-15-25(2)16-20-29/h3-23H,1-2H3. The van der Waals surface area contributed by atoms with E-state index >= 15 is 0 Å². The molecule has 0 aliphatic rings. The van der Waals surface area contributed by atoms with Gasteiger partial charge in [0.1, 0.15) is 7.85 Å². The molecule has 5 rings (SSSR count). The highest BCUT2D eigenvalue weighted by atomic mass is 15.2. The fourth-order valence-corrected chi connectivity index (χ4v) is 4.30. The maximum Gasteiger partial charge on any atom is 0.116 e. The van der Waals surface area contributed by atoms with Crippen LogP contribution < -0.4 is 15.3 Å². The van der Waals surface area contributed by atoms with Crippen LogP contribution in [-0.2, 0) is 0 Å². The Balaban J connectivity index is 1.62. The maximum absolute atomic E-state index is 6.78. The lowest BCUT2D eigenvalue weighted by Crippen LogP contribution is -2.21. The molecular formula is C32H27BN2. The fraction of sp³-hybridized carbons (Fsp3) is 0.0625. The minimum Gasteiger partial charge on any atom is -0.311 e. The van der Waals surface area contributed by atoms with Crippen molar-refractivity contribution in [3.63, 3.8) is 0 Å². The molecule has 3 heteroatoms. The van der Waals surface area contributed by atoms with Crippen molar-refractivity contribution in [3.8, 4) is 0 Å². The molecule has 35 heavy (non-hydrogen) atoms. The molecule has 0 bridgehead atoms. The van der Waals surface area contributed by atoms with Gasteiger partial charge >= 0.3 is 0 Å². The Morgan fingerprint density at radius 1 is 0.429 bits per heavy atom. The van der Waals surface area contributed by atoms with Crippen molar-refractivity contribution in [3.05, 3.63) is 139 Å². The molecule has 0 saturated carbocycles. The van der Waals surface area contributed by atoms with Gasteiger partial charge in [-0.05, 0) is 80.6 Å². The highest BCUT2D eigenvalue weighted by molar-refractivity contribution is 6.36. The Bertz CT molecular complexity index is 1400. The molecule has 0 heterocycles. The van der Waals surface area contributed by atoms with E-state index in [1.165, 1.54) is 11.1 Å². The zero-order valence-corrected chi connectivity index (χ0v) is 20.1. The lowest BCUT2D eigenvalue weighted by atomic mass is 9.91. The van der Waals surface area contributed by atoms with Gasteiger partial charge in [-0.1, -0.05) is 77.3 Å². The van der Waals surface area contributed by atoms with Crippen LogP contribution in [0.1, 0.15) is 11.1 Å². The van der Waals surface area contributed by atoms with Crippen LogP contribution in [-0.4, -0.2) is 7.85 Å². The molecule has 0 spiro atoms. The van der Waals surface area contributed by atoms with Crippen LogP contribution in [0.15, 0.2) is 127 Å². The third-order valence-corrected chi connectivity index (χ3v) is 6.12. The van der Waals surface area contributed by atoms with Crippen LogP contribution in [0.2, 0.25) is 0 Å². The van der Waals surface area contributed by atoms with E-state index in [1.54, 1.807) is 0 Å². The van der Waals surface area contributed by atoms with Gasteiger partial charge < -0.3 is 9.80 Å². The van der Waals surface area contributed by atoms with Gasteiger partial charge in [-0.15, -0.1) is 0 Å². The summed E-state index contributed by atoms with van der Waals surface area (Å²) >= 11 is 0. The van der Waals surface area contributed by atoms with Gasteiger partial charge in [-0.2, -0.15) is 0 Å². The Labute approximate surface area is 209 Å². The van der Waals surface area contributed by atoms with Crippen LogP contribution >= 0.6 is 0 Å². The second kappa shape index (κ2) is 9.94. The van der Waals surface area contributed by atoms with E-state index in [2.05, 4.69) is 139 Å². The summed E-state index contributed by atoms with van der Waals surface area (Å²) < 4.78 is 0. The maximum atomic E-state index is 6.78. The molecule has 0 aliphatic heterocycles. The molecule has 5 aromatic rings. The summed E-state index contributed by atoms with van der Waals surface area (Å²) in [5, 5.41) is 0. The molecule has 2 radical (unpaired) electrons. The smallest absolute Gasteiger partial charge is 0.116 e. The zero-order valence-electron chi connectivity index (χ0n) is 20.1. The summed E-state index contributed by atoms with van der Waals surface area (Å²) in [5.74, 6) is 0. The van der Waals surface area contributed by atoms with Gasteiger partial charge in [0, 0.05) is 34.1 Å². The Morgan fingerprint density at radius 2 is 0.829 bits per heavy atom. The van der Waals surface area contributed by atoms with E-state index in [9.17, 15) is 0 Å². The summed E-state index contributed by atoms with van der Waals surface area (Å²) in [4.78, 5) is 4.44. The van der Waals surface area contributed by atoms with Crippen molar-refractivity contribution in [1.29, 1.82) is 0 Å². The molecule has 0 unspecified atom stereocenters. The Kier molecular flexibility index (Phi) is 6.41. The third-order valence-electron chi connectivity index (χ3n) is 6.12. The second-order valence-corrected chi connectivity index (χ2v) is 8.76. The number of rotatable bonds is 6. The van der Waals surface area contributed by atoms with Crippen LogP contribution in [0.25, 0.3) is 0 Å². The van der Waals surface area contributed by atoms with Gasteiger partial charge in [-0.25, -0.2) is 0 Å². The lowest BCUT2D eigenvalue weighted by molar-refractivity contribution is 1.26. The van der Waals surface area contributed by atoms with E-state index in [4.69, 9.17) is 7.85 Å².